The van der Waals surface area contributed by atoms with Crippen LogP contribution in [-0.2, 0) is 0 Å². The Hall–Kier alpha value is -0.380. The number of likely N-dealkylation sites (tertiary alicyclic amines) is 1. The number of aryl methyl sites for hydroxylation is 1. The molecule has 112 valence electrons. The molecule has 1 aliphatic heterocycles. The molecule has 0 radical (unpaired) electrons. The predicted octanol–water partition coefficient (Wildman–Crippen LogP) is 4.12. The zero-order valence-electron chi connectivity index (χ0n) is 13.1. The Balaban J connectivity index is 2.31. The van der Waals surface area contributed by atoms with Crippen LogP contribution in [0.1, 0.15) is 44.4 Å². The molecule has 0 aromatic heterocycles. The highest BCUT2D eigenvalue weighted by atomic mass is 79.9. The lowest BCUT2D eigenvalue weighted by atomic mass is 9.84. The normalized spacial score (nSPS) is 29.4. The Kier molecular flexibility index (Phi) is 5.27. The summed E-state index contributed by atoms with van der Waals surface area (Å²) in [6, 6.07) is 7.51. The third kappa shape index (κ3) is 3.26. The van der Waals surface area contributed by atoms with Gasteiger partial charge in [-0.05, 0) is 49.3 Å². The molecule has 0 bridgehead atoms. The molecule has 1 aromatic carbocycles. The minimum atomic E-state index is 0.310. The number of benzene rings is 1. The van der Waals surface area contributed by atoms with Crippen molar-refractivity contribution in [1.82, 2.24) is 4.90 Å². The summed E-state index contributed by atoms with van der Waals surface area (Å²) in [4.78, 5) is 2.61. The highest BCUT2D eigenvalue weighted by Gasteiger charge is 2.33. The van der Waals surface area contributed by atoms with Crippen LogP contribution in [0.2, 0.25) is 0 Å². The summed E-state index contributed by atoms with van der Waals surface area (Å²) < 4.78 is 1.19. The Bertz CT molecular complexity index is 460. The fourth-order valence-electron chi connectivity index (χ4n) is 3.51. The second kappa shape index (κ2) is 6.59. The van der Waals surface area contributed by atoms with Gasteiger partial charge in [-0.15, -0.1) is 0 Å². The summed E-state index contributed by atoms with van der Waals surface area (Å²) in [5, 5.41) is 0. The molecule has 0 spiro atoms. The van der Waals surface area contributed by atoms with Gasteiger partial charge >= 0.3 is 0 Å². The average molecular weight is 339 g/mol. The first-order valence-corrected chi connectivity index (χ1v) is 8.45. The fraction of sp³-hybridized carbons (Fsp3) is 0.647. The van der Waals surface area contributed by atoms with E-state index in [9.17, 15) is 0 Å². The van der Waals surface area contributed by atoms with E-state index in [1.54, 1.807) is 0 Å². The summed E-state index contributed by atoms with van der Waals surface area (Å²) in [6.07, 6.45) is 1.32. The van der Waals surface area contributed by atoms with Gasteiger partial charge in [0.15, 0.2) is 0 Å². The first-order valence-electron chi connectivity index (χ1n) is 7.65. The molecule has 2 nitrogen and oxygen atoms in total. The average Bonchev–Trinajstić information content (AvgIpc) is 2.38. The zero-order valence-corrected chi connectivity index (χ0v) is 14.7. The zero-order chi connectivity index (χ0) is 14.9. The first-order chi connectivity index (χ1) is 9.43. The Morgan fingerprint density at radius 3 is 2.65 bits per heavy atom. The van der Waals surface area contributed by atoms with E-state index in [2.05, 4.69) is 66.7 Å². The molecular weight excluding hydrogens is 312 g/mol. The van der Waals surface area contributed by atoms with Crippen LogP contribution < -0.4 is 5.73 Å². The van der Waals surface area contributed by atoms with Gasteiger partial charge in [0.1, 0.15) is 0 Å². The number of nitrogens with two attached hydrogens (primary N) is 1. The van der Waals surface area contributed by atoms with Crippen molar-refractivity contribution >= 4 is 15.9 Å². The lowest BCUT2D eigenvalue weighted by Crippen LogP contribution is -2.49. The van der Waals surface area contributed by atoms with Crippen molar-refractivity contribution < 1.29 is 0 Å². The predicted molar refractivity (Wildman–Crippen MR) is 89.8 cm³/mol. The first kappa shape index (κ1) is 16.0. The van der Waals surface area contributed by atoms with Crippen molar-refractivity contribution in [2.75, 3.05) is 13.1 Å². The number of piperidine rings is 1. The van der Waals surface area contributed by atoms with Gasteiger partial charge in [-0.2, -0.15) is 0 Å². The van der Waals surface area contributed by atoms with E-state index in [4.69, 9.17) is 5.73 Å². The van der Waals surface area contributed by atoms with Crippen molar-refractivity contribution in [1.29, 1.82) is 0 Å². The van der Waals surface area contributed by atoms with Crippen LogP contribution in [0.5, 0.6) is 0 Å². The van der Waals surface area contributed by atoms with E-state index in [-0.39, 0.29) is 0 Å². The van der Waals surface area contributed by atoms with Gasteiger partial charge in [0.05, 0.1) is 0 Å². The molecule has 4 unspecified atom stereocenters. The molecular formula is C17H27BrN2. The molecule has 1 saturated heterocycles. The number of rotatable bonds is 3. The minimum Gasteiger partial charge on any atom is -0.329 e. The Morgan fingerprint density at radius 2 is 2.05 bits per heavy atom. The van der Waals surface area contributed by atoms with Crippen LogP contribution in [-0.4, -0.2) is 24.0 Å². The lowest BCUT2D eigenvalue weighted by Gasteiger charge is -2.45. The quantitative estimate of drug-likeness (QED) is 0.897. The van der Waals surface area contributed by atoms with E-state index in [1.165, 1.54) is 22.0 Å². The van der Waals surface area contributed by atoms with E-state index in [0.29, 0.717) is 18.6 Å². The molecule has 2 N–H and O–H groups in total. The van der Waals surface area contributed by atoms with Crippen molar-refractivity contribution in [2.24, 2.45) is 17.6 Å². The van der Waals surface area contributed by atoms with Crippen LogP contribution >= 0.6 is 15.9 Å². The maximum Gasteiger partial charge on any atom is 0.0484 e. The van der Waals surface area contributed by atoms with Crippen LogP contribution in [0, 0.1) is 18.8 Å². The van der Waals surface area contributed by atoms with Gasteiger partial charge in [-0.25, -0.2) is 0 Å². The van der Waals surface area contributed by atoms with Crippen LogP contribution in [0.25, 0.3) is 0 Å². The number of nitrogens with zero attached hydrogens (tertiary/aromatic N) is 1. The maximum absolute atomic E-state index is 6.13. The van der Waals surface area contributed by atoms with E-state index >= 15 is 0 Å². The summed E-state index contributed by atoms with van der Waals surface area (Å²) in [5.41, 5.74) is 8.74. The molecule has 1 aromatic rings. The van der Waals surface area contributed by atoms with Gasteiger partial charge in [0.25, 0.3) is 0 Å². The van der Waals surface area contributed by atoms with Gasteiger partial charge in [0.2, 0.25) is 0 Å². The highest BCUT2D eigenvalue weighted by Crippen LogP contribution is 2.36. The fourth-order valence-corrected chi connectivity index (χ4v) is 4.27. The number of hydrogen-bond acceptors (Lipinski definition) is 2. The molecule has 0 saturated carbocycles. The van der Waals surface area contributed by atoms with E-state index < -0.39 is 0 Å². The van der Waals surface area contributed by atoms with Gasteiger partial charge in [0, 0.05) is 29.6 Å². The smallest absolute Gasteiger partial charge is 0.0484 e. The van der Waals surface area contributed by atoms with Gasteiger partial charge in [-0.3, -0.25) is 4.90 Å². The van der Waals surface area contributed by atoms with Crippen LogP contribution in [0.4, 0.5) is 0 Å². The van der Waals surface area contributed by atoms with E-state index in [0.717, 1.165) is 18.4 Å². The topological polar surface area (TPSA) is 29.3 Å². The monoisotopic (exact) mass is 338 g/mol. The number of hydrogen-bond donors (Lipinski definition) is 1. The molecule has 1 fully saturated rings. The number of halogens is 1. The minimum absolute atomic E-state index is 0.310. The van der Waals surface area contributed by atoms with Crippen LogP contribution in [0.15, 0.2) is 22.7 Å². The lowest BCUT2D eigenvalue weighted by molar-refractivity contribution is 0.0422. The second-order valence-electron chi connectivity index (χ2n) is 6.53. The molecule has 20 heavy (non-hydrogen) atoms. The Morgan fingerprint density at radius 1 is 1.35 bits per heavy atom. The molecule has 1 aliphatic rings. The summed E-state index contributed by atoms with van der Waals surface area (Å²) in [6.45, 7) is 11.0. The van der Waals surface area contributed by atoms with Crippen molar-refractivity contribution in [3.8, 4) is 0 Å². The largest absolute Gasteiger partial charge is 0.329 e. The molecule has 0 amide bonds. The molecule has 0 aliphatic carbocycles. The van der Waals surface area contributed by atoms with Crippen LogP contribution in [0.3, 0.4) is 0 Å². The van der Waals surface area contributed by atoms with E-state index in [1.807, 2.05) is 0 Å². The SMILES string of the molecule is Cc1ccc(C(CN)N2CC(C)CC(C)C2C)c(Br)c1. The van der Waals surface area contributed by atoms with Crippen molar-refractivity contribution in [3.63, 3.8) is 0 Å². The van der Waals surface area contributed by atoms with Crippen molar-refractivity contribution in [3.05, 3.63) is 33.8 Å². The third-order valence-electron chi connectivity index (χ3n) is 4.78. The molecule has 2 rings (SSSR count). The third-order valence-corrected chi connectivity index (χ3v) is 5.47. The second-order valence-corrected chi connectivity index (χ2v) is 7.39. The van der Waals surface area contributed by atoms with Crippen molar-refractivity contribution in [2.45, 2.75) is 46.2 Å². The van der Waals surface area contributed by atoms with Gasteiger partial charge in [-0.1, -0.05) is 41.9 Å². The standard InChI is InChI=1S/C17H27BrN2/c1-11-5-6-15(16(18)8-11)17(9-19)20-10-12(2)7-13(3)14(20)4/h5-6,8,12-14,17H,7,9-10,19H2,1-4H3. The molecule has 3 heteroatoms. The highest BCUT2D eigenvalue weighted by molar-refractivity contribution is 9.10. The van der Waals surface area contributed by atoms with Gasteiger partial charge < -0.3 is 5.73 Å². The summed E-state index contributed by atoms with van der Waals surface area (Å²) in [5.74, 6) is 1.48. The summed E-state index contributed by atoms with van der Waals surface area (Å²) >= 11 is 3.72. The maximum atomic E-state index is 6.13. The Labute approximate surface area is 131 Å². The summed E-state index contributed by atoms with van der Waals surface area (Å²) in [7, 11) is 0. The molecule has 4 atom stereocenters. The molecule has 1 heterocycles.